The number of carboxylic acids is 1. The van der Waals surface area contributed by atoms with Crippen LogP contribution in [0.2, 0.25) is 0 Å². The van der Waals surface area contributed by atoms with Gasteiger partial charge in [0, 0.05) is 10.7 Å². The molecule has 25 heavy (non-hydrogen) atoms. The van der Waals surface area contributed by atoms with E-state index in [2.05, 4.69) is 0 Å². The van der Waals surface area contributed by atoms with Gasteiger partial charge in [0.15, 0.2) is 5.60 Å². The summed E-state index contributed by atoms with van der Waals surface area (Å²) in [4.78, 5) is 23.0. The number of aliphatic carboxylic acids is 1. The lowest BCUT2D eigenvalue weighted by molar-refractivity contribution is -0.341. The van der Waals surface area contributed by atoms with Gasteiger partial charge in [0.05, 0.1) is 10.2 Å². The number of benzene rings is 1. The summed E-state index contributed by atoms with van der Waals surface area (Å²) < 4.78 is 43.8. The van der Waals surface area contributed by atoms with Gasteiger partial charge in [-0.1, -0.05) is 0 Å². The van der Waals surface area contributed by atoms with Crippen molar-refractivity contribution in [1.29, 1.82) is 0 Å². The van der Waals surface area contributed by atoms with Gasteiger partial charge >= 0.3 is 11.9 Å². The fourth-order valence-corrected chi connectivity index (χ4v) is 3.68. The van der Waals surface area contributed by atoms with E-state index in [1.807, 2.05) is 45.2 Å². The molecule has 1 rings (SSSR count). The third-order valence-corrected chi connectivity index (χ3v) is 4.55. The van der Waals surface area contributed by atoms with E-state index in [-0.39, 0.29) is 24.5 Å². The molecule has 0 unspecified atom stereocenters. The summed E-state index contributed by atoms with van der Waals surface area (Å²) >= 11 is 3.88. The van der Waals surface area contributed by atoms with Crippen LogP contribution in [0.1, 0.15) is 24.2 Å². The van der Waals surface area contributed by atoms with Crippen LogP contribution in [0, 0.1) is 7.14 Å². The Hall–Kier alpha value is -0.760. The maximum atomic E-state index is 13.7. The second kappa shape index (κ2) is 8.75. The fraction of sp³-hybridized carbons (Fsp3) is 0.467. The van der Waals surface area contributed by atoms with Crippen molar-refractivity contribution in [3.8, 4) is 5.75 Å². The van der Waals surface area contributed by atoms with Crippen molar-refractivity contribution in [2.45, 2.75) is 25.4 Å². The lowest BCUT2D eigenvalue weighted by atomic mass is 10.0. The van der Waals surface area contributed by atoms with E-state index < -0.39 is 23.5 Å². The van der Waals surface area contributed by atoms with E-state index in [9.17, 15) is 23.5 Å². The number of carboxylic acid groups (broad SMARTS) is 1. The molecule has 1 aromatic carbocycles. The highest BCUT2D eigenvalue weighted by Gasteiger charge is 2.51. The van der Waals surface area contributed by atoms with Crippen molar-refractivity contribution in [3.63, 3.8) is 0 Å². The van der Waals surface area contributed by atoms with Gasteiger partial charge in [-0.25, -0.2) is 4.79 Å². The number of methoxy groups -OCH3 is 1. The minimum atomic E-state index is -4.37. The van der Waals surface area contributed by atoms with Gasteiger partial charge in [-0.3, -0.25) is 0 Å². The molecule has 0 amide bonds. The molecule has 0 aliphatic heterocycles. The molecule has 0 spiro atoms. The zero-order chi connectivity index (χ0) is 19.4. The highest BCUT2D eigenvalue weighted by atomic mass is 127. The zero-order valence-corrected chi connectivity index (χ0v) is 17.8. The SMILES string of the molecule is COCCOc1c(I)cc(I)cc1C(=O)OC(C)(C)C(F)(F)C(=O)[O-]. The Labute approximate surface area is 170 Å². The smallest absolute Gasteiger partial charge is 0.342 e. The summed E-state index contributed by atoms with van der Waals surface area (Å²) in [5.74, 6) is -7.97. The highest BCUT2D eigenvalue weighted by Crippen LogP contribution is 2.35. The van der Waals surface area contributed by atoms with Crippen molar-refractivity contribution < 1.29 is 37.7 Å². The number of carbonyl (C=O) groups excluding carboxylic acids is 2. The normalized spacial score (nSPS) is 12.0. The van der Waals surface area contributed by atoms with Gasteiger partial charge < -0.3 is 24.1 Å². The number of alkyl halides is 2. The van der Waals surface area contributed by atoms with Gasteiger partial charge in [0.1, 0.15) is 23.9 Å². The number of ether oxygens (including phenoxy) is 3. The molecule has 0 N–H and O–H groups in total. The molecule has 0 atom stereocenters. The Bertz CT molecular complexity index is 664. The highest BCUT2D eigenvalue weighted by molar-refractivity contribution is 14.1. The van der Waals surface area contributed by atoms with Gasteiger partial charge in [0.25, 0.3) is 0 Å². The first-order chi connectivity index (χ1) is 11.4. The van der Waals surface area contributed by atoms with Crippen LogP contribution in [0.25, 0.3) is 0 Å². The summed E-state index contributed by atoms with van der Waals surface area (Å²) in [5, 5.41) is 10.6. The fourth-order valence-electron chi connectivity index (χ4n) is 1.68. The Balaban J connectivity index is 3.18. The molecule has 0 fully saturated rings. The topological polar surface area (TPSA) is 84.9 Å². The number of carbonyl (C=O) groups is 2. The van der Waals surface area contributed by atoms with Gasteiger partial charge in [-0.2, -0.15) is 8.78 Å². The average Bonchev–Trinajstić information content (AvgIpc) is 2.48. The molecule has 6 nitrogen and oxygen atoms in total. The minimum Gasteiger partial charge on any atom is -0.544 e. The van der Waals surface area contributed by atoms with Crippen molar-refractivity contribution >= 4 is 57.1 Å². The van der Waals surface area contributed by atoms with E-state index in [1.54, 1.807) is 6.07 Å². The van der Waals surface area contributed by atoms with Crippen molar-refractivity contribution in [2.24, 2.45) is 0 Å². The lowest BCUT2D eigenvalue weighted by Crippen LogP contribution is -2.57. The second-order valence-electron chi connectivity index (χ2n) is 5.37. The molecule has 0 heterocycles. The molecule has 10 heteroatoms. The molecule has 0 saturated heterocycles. The predicted octanol–water partition coefficient (Wildman–Crippen LogP) is 2.24. The zero-order valence-electron chi connectivity index (χ0n) is 13.5. The average molecular weight is 583 g/mol. The number of rotatable bonds is 8. The third kappa shape index (κ3) is 5.36. The number of hydrogen-bond donors (Lipinski definition) is 0. The van der Waals surface area contributed by atoms with E-state index >= 15 is 0 Å². The van der Waals surface area contributed by atoms with Crippen LogP contribution in [-0.4, -0.2) is 43.8 Å². The van der Waals surface area contributed by atoms with E-state index in [4.69, 9.17) is 14.2 Å². The molecule has 0 bridgehead atoms. The van der Waals surface area contributed by atoms with Crippen molar-refractivity contribution in [3.05, 3.63) is 24.8 Å². The standard InChI is InChI=1S/C15H16F2I2O6/c1-14(2,15(16,17)13(21)22)25-12(20)9-6-8(18)7-10(19)11(9)24-5-4-23-3/h6-7H,4-5H2,1-3H3,(H,21,22)/p-1. The molecule has 1 aromatic rings. The Morgan fingerprint density at radius 2 is 1.80 bits per heavy atom. The van der Waals surface area contributed by atoms with Crippen LogP contribution >= 0.6 is 45.2 Å². The number of esters is 1. The maximum Gasteiger partial charge on any atom is 0.342 e. The first kappa shape index (κ1) is 22.3. The predicted molar refractivity (Wildman–Crippen MR) is 98.7 cm³/mol. The van der Waals surface area contributed by atoms with Gasteiger partial charge in [0.2, 0.25) is 0 Å². The summed E-state index contributed by atoms with van der Waals surface area (Å²) in [7, 11) is 1.47. The summed E-state index contributed by atoms with van der Waals surface area (Å²) in [5.41, 5.74) is -2.70. The van der Waals surface area contributed by atoms with Crippen molar-refractivity contribution in [1.82, 2.24) is 0 Å². The minimum absolute atomic E-state index is 0.0883. The van der Waals surface area contributed by atoms with Crippen LogP contribution in [0.5, 0.6) is 5.75 Å². The monoisotopic (exact) mass is 583 g/mol. The van der Waals surface area contributed by atoms with Crippen LogP contribution in [0.4, 0.5) is 8.78 Å². The quantitative estimate of drug-likeness (QED) is 0.266. The van der Waals surface area contributed by atoms with Crippen LogP contribution in [-0.2, 0) is 14.3 Å². The van der Waals surface area contributed by atoms with E-state index in [0.29, 0.717) is 7.14 Å². The van der Waals surface area contributed by atoms with Crippen LogP contribution < -0.4 is 9.84 Å². The second-order valence-corrected chi connectivity index (χ2v) is 7.78. The largest absolute Gasteiger partial charge is 0.544 e. The first-order valence-corrected chi connectivity index (χ1v) is 9.03. The van der Waals surface area contributed by atoms with Crippen LogP contribution in [0.3, 0.4) is 0 Å². The molecular formula is C15H15F2I2O6-. The molecule has 0 saturated carbocycles. The molecule has 0 radical (unpaired) electrons. The summed E-state index contributed by atoms with van der Waals surface area (Å²) in [6, 6.07) is 3.13. The number of halogens is 4. The summed E-state index contributed by atoms with van der Waals surface area (Å²) in [6.07, 6.45) is 0. The maximum absolute atomic E-state index is 13.7. The number of hydrogen-bond acceptors (Lipinski definition) is 6. The molecule has 0 aliphatic carbocycles. The van der Waals surface area contributed by atoms with Gasteiger partial charge in [-0.15, -0.1) is 0 Å². The van der Waals surface area contributed by atoms with Gasteiger partial charge in [-0.05, 0) is 71.2 Å². The molecule has 0 aliphatic rings. The third-order valence-electron chi connectivity index (χ3n) is 3.12. The first-order valence-electron chi connectivity index (χ1n) is 6.87. The van der Waals surface area contributed by atoms with Crippen molar-refractivity contribution in [2.75, 3.05) is 20.3 Å². The van der Waals surface area contributed by atoms with E-state index in [1.165, 1.54) is 13.2 Å². The molecular weight excluding hydrogens is 568 g/mol. The molecule has 140 valence electrons. The lowest BCUT2D eigenvalue weighted by Gasteiger charge is -2.34. The Morgan fingerprint density at radius 3 is 2.32 bits per heavy atom. The van der Waals surface area contributed by atoms with E-state index in [0.717, 1.165) is 13.8 Å². The Morgan fingerprint density at radius 1 is 1.20 bits per heavy atom. The Kier molecular flexibility index (Phi) is 7.80. The van der Waals surface area contributed by atoms with Crippen LogP contribution in [0.15, 0.2) is 12.1 Å². The summed E-state index contributed by atoms with van der Waals surface area (Å²) in [6.45, 7) is 1.98. The molecule has 0 aromatic heterocycles.